The number of nitrogens with one attached hydrogen (secondary N) is 1. The highest BCUT2D eigenvalue weighted by molar-refractivity contribution is 6.31. The van der Waals surface area contributed by atoms with E-state index in [1.165, 1.54) is 0 Å². The van der Waals surface area contributed by atoms with Crippen LogP contribution in [0.4, 0.5) is 0 Å². The lowest BCUT2D eigenvalue weighted by Gasteiger charge is -2.21. The zero-order chi connectivity index (χ0) is 13.7. The van der Waals surface area contributed by atoms with Gasteiger partial charge < -0.3 is 14.8 Å². The van der Waals surface area contributed by atoms with E-state index in [1.54, 1.807) is 20.3 Å². The maximum absolute atomic E-state index is 6.32. The maximum atomic E-state index is 6.32. The quantitative estimate of drug-likeness (QED) is 0.856. The van der Waals surface area contributed by atoms with Crippen LogP contribution in [0.5, 0.6) is 11.5 Å². The van der Waals surface area contributed by atoms with Crippen molar-refractivity contribution in [2.24, 2.45) is 5.92 Å². The third kappa shape index (κ3) is 3.53. The Hall–Kier alpha value is -0.930. The summed E-state index contributed by atoms with van der Waals surface area (Å²) in [5.41, 5.74) is 1.05. The third-order valence-electron chi connectivity index (χ3n) is 2.93. The lowest BCUT2D eigenvalue weighted by Crippen LogP contribution is -2.18. The van der Waals surface area contributed by atoms with E-state index < -0.39 is 0 Å². The summed E-state index contributed by atoms with van der Waals surface area (Å²) in [4.78, 5) is 0. The molecule has 0 heterocycles. The monoisotopic (exact) mass is 271 g/mol. The fourth-order valence-corrected chi connectivity index (χ4v) is 2.29. The molecule has 0 amide bonds. The molecule has 0 saturated carbocycles. The zero-order valence-corrected chi connectivity index (χ0v) is 12.5. The molecule has 3 nitrogen and oxygen atoms in total. The zero-order valence-electron chi connectivity index (χ0n) is 11.7. The summed E-state index contributed by atoms with van der Waals surface area (Å²) in [6, 6.07) is 3.97. The number of benzene rings is 1. The maximum Gasteiger partial charge on any atom is 0.162 e. The van der Waals surface area contributed by atoms with Crippen LogP contribution in [0.1, 0.15) is 31.9 Å². The van der Waals surface area contributed by atoms with E-state index in [-0.39, 0.29) is 6.04 Å². The number of ether oxygens (including phenoxy) is 2. The Morgan fingerprint density at radius 3 is 2.17 bits per heavy atom. The summed E-state index contributed by atoms with van der Waals surface area (Å²) in [6.07, 6.45) is 1.02. The summed E-state index contributed by atoms with van der Waals surface area (Å²) in [5, 5.41) is 4.00. The molecule has 4 heteroatoms. The van der Waals surface area contributed by atoms with Crippen LogP contribution in [0.25, 0.3) is 0 Å². The van der Waals surface area contributed by atoms with Crippen LogP contribution in [0.3, 0.4) is 0 Å². The predicted octanol–water partition coefficient (Wildman–Crippen LogP) is 3.66. The van der Waals surface area contributed by atoms with Crippen molar-refractivity contribution < 1.29 is 9.47 Å². The van der Waals surface area contributed by atoms with Crippen LogP contribution in [0, 0.1) is 5.92 Å². The Labute approximate surface area is 114 Å². The first kappa shape index (κ1) is 15.1. The second kappa shape index (κ2) is 6.86. The lowest BCUT2D eigenvalue weighted by atomic mass is 9.96. The largest absolute Gasteiger partial charge is 0.493 e. The molecule has 0 fully saturated rings. The van der Waals surface area contributed by atoms with Gasteiger partial charge in [-0.2, -0.15) is 0 Å². The van der Waals surface area contributed by atoms with Crippen molar-refractivity contribution in [1.82, 2.24) is 5.32 Å². The molecule has 1 aromatic rings. The molecule has 0 spiro atoms. The molecule has 0 saturated heterocycles. The van der Waals surface area contributed by atoms with Gasteiger partial charge in [-0.25, -0.2) is 0 Å². The second-order valence-corrected chi connectivity index (χ2v) is 5.11. The predicted molar refractivity (Wildman–Crippen MR) is 75.8 cm³/mol. The molecule has 0 bridgehead atoms. The minimum atomic E-state index is 0.220. The molecular formula is C14H22ClNO2. The van der Waals surface area contributed by atoms with Gasteiger partial charge in [-0.3, -0.25) is 0 Å². The van der Waals surface area contributed by atoms with Crippen LogP contribution < -0.4 is 14.8 Å². The van der Waals surface area contributed by atoms with Gasteiger partial charge in [-0.15, -0.1) is 0 Å². The van der Waals surface area contributed by atoms with Crippen molar-refractivity contribution in [2.75, 3.05) is 21.3 Å². The van der Waals surface area contributed by atoms with Crippen molar-refractivity contribution in [3.8, 4) is 11.5 Å². The average Bonchev–Trinajstić information content (AvgIpc) is 2.35. The van der Waals surface area contributed by atoms with Gasteiger partial charge in [0.2, 0.25) is 0 Å². The first-order valence-electron chi connectivity index (χ1n) is 6.12. The molecule has 0 aliphatic heterocycles. The standard InChI is InChI=1S/C14H22ClNO2/c1-9(2)6-12(16-3)10-7-13(17-4)14(18-5)8-11(10)15/h7-9,12,16H,6H2,1-5H3. The van der Waals surface area contributed by atoms with Gasteiger partial charge in [0.15, 0.2) is 11.5 Å². The van der Waals surface area contributed by atoms with Crippen LogP contribution in [0.2, 0.25) is 5.02 Å². The number of hydrogen-bond acceptors (Lipinski definition) is 3. The molecule has 1 unspecified atom stereocenters. The number of halogens is 1. The summed E-state index contributed by atoms with van der Waals surface area (Å²) in [5.74, 6) is 1.96. The Morgan fingerprint density at radius 1 is 1.17 bits per heavy atom. The molecule has 18 heavy (non-hydrogen) atoms. The Kier molecular flexibility index (Phi) is 5.76. The van der Waals surface area contributed by atoms with Gasteiger partial charge in [-0.1, -0.05) is 25.4 Å². The van der Waals surface area contributed by atoms with Gasteiger partial charge in [0.1, 0.15) is 0 Å². The smallest absolute Gasteiger partial charge is 0.162 e. The molecule has 0 aliphatic carbocycles. The summed E-state index contributed by atoms with van der Waals surface area (Å²) in [7, 11) is 5.18. The van der Waals surface area contributed by atoms with E-state index in [2.05, 4.69) is 19.2 Å². The normalized spacial score (nSPS) is 12.6. The second-order valence-electron chi connectivity index (χ2n) is 4.70. The van der Waals surface area contributed by atoms with Crippen molar-refractivity contribution >= 4 is 11.6 Å². The van der Waals surface area contributed by atoms with E-state index in [9.17, 15) is 0 Å². The van der Waals surface area contributed by atoms with Crippen molar-refractivity contribution in [1.29, 1.82) is 0 Å². The van der Waals surface area contributed by atoms with Crippen LogP contribution in [0.15, 0.2) is 12.1 Å². The van der Waals surface area contributed by atoms with Crippen LogP contribution >= 0.6 is 11.6 Å². The lowest BCUT2D eigenvalue weighted by molar-refractivity contribution is 0.353. The molecular weight excluding hydrogens is 250 g/mol. The topological polar surface area (TPSA) is 30.5 Å². The highest BCUT2D eigenvalue weighted by Gasteiger charge is 2.18. The van der Waals surface area contributed by atoms with Gasteiger partial charge in [0.25, 0.3) is 0 Å². The molecule has 102 valence electrons. The van der Waals surface area contributed by atoms with E-state index in [4.69, 9.17) is 21.1 Å². The fourth-order valence-electron chi connectivity index (χ4n) is 2.01. The van der Waals surface area contributed by atoms with Gasteiger partial charge >= 0.3 is 0 Å². The molecule has 0 aliphatic rings. The molecule has 1 N–H and O–H groups in total. The molecule has 1 aromatic carbocycles. The van der Waals surface area contributed by atoms with Crippen molar-refractivity contribution in [3.63, 3.8) is 0 Å². The highest BCUT2D eigenvalue weighted by atomic mass is 35.5. The molecule has 1 rings (SSSR count). The van der Waals surface area contributed by atoms with Gasteiger partial charge in [0, 0.05) is 17.1 Å². The van der Waals surface area contributed by atoms with Crippen molar-refractivity contribution in [2.45, 2.75) is 26.3 Å². The number of methoxy groups -OCH3 is 2. The summed E-state index contributed by atoms with van der Waals surface area (Å²) in [6.45, 7) is 4.39. The first-order chi connectivity index (χ1) is 8.53. The minimum absolute atomic E-state index is 0.220. The van der Waals surface area contributed by atoms with Gasteiger partial charge in [0.05, 0.1) is 14.2 Å². The number of hydrogen-bond donors (Lipinski definition) is 1. The van der Waals surface area contributed by atoms with E-state index in [0.717, 1.165) is 12.0 Å². The Balaban J connectivity index is 3.14. The van der Waals surface area contributed by atoms with E-state index in [0.29, 0.717) is 22.4 Å². The summed E-state index contributed by atoms with van der Waals surface area (Å²) >= 11 is 6.32. The Morgan fingerprint density at radius 2 is 1.72 bits per heavy atom. The first-order valence-corrected chi connectivity index (χ1v) is 6.49. The highest BCUT2D eigenvalue weighted by Crippen LogP contribution is 2.37. The van der Waals surface area contributed by atoms with Crippen molar-refractivity contribution in [3.05, 3.63) is 22.7 Å². The van der Waals surface area contributed by atoms with E-state index in [1.807, 2.05) is 13.1 Å². The van der Waals surface area contributed by atoms with Gasteiger partial charge in [-0.05, 0) is 31.0 Å². The fraction of sp³-hybridized carbons (Fsp3) is 0.571. The molecule has 0 radical (unpaired) electrons. The molecule has 1 atom stereocenters. The van der Waals surface area contributed by atoms with E-state index >= 15 is 0 Å². The average molecular weight is 272 g/mol. The van der Waals surface area contributed by atoms with Crippen LogP contribution in [-0.2, 0) is 0 Å². The molecule has 0 aromatic heterocycles. The van der Waals surface area contributed by atoms with Crippen LogP contribution in [-0.4, -0.2) is 21.3 Å². The number of rotatable bonds is 6. The summed E-state index contributed by atoms with van der Waals surface area (Å²) < 4.78 is 10.6. The minimum Gasteiger partial charge on any atom is -0.493 e. The SMILES string of the molecule is CNC(CC(C)C)c1cc(OC)c(OC)cc1Cl. The third-order valence-corrected chi connectivity index (χ3v) is 3.26. The Bertz CT molecular complexity index is 394.